The first kappa shape index (κ1) is 12.8. The molecule has 96 valence electrons. The van der Waals surface area contributed by atoms with Crippen molar-refractivity contribution in [1.82, 2.24) is 0 Å². The normalized spacial score (nSPS) is 23.7. The summed E-state index contributed by atoms with van der Waals surface area (Å²) >= 11 is 0. The van der Waals surface area contributed by atoms with Gasteiger partial charge in [-0.05, 0) is 5.56 Å². The zero-order valence-corrected chi connectivity index (χ0v) is 10.3. The molecule has 0 amide bonds. The summed E-state index contributed by atoms with van der Waals surface area (Å²) in [7, 11) is 1.33. The minimum Gasteiger partial charge on any atom is -0.469 e. The Hall–Kier alpha value is -1.68. The van der Waals surface area contributed by atoms with Gasteiger partial charge < -0.3 is 9.47 Å². The maximum Gasteiger partial charge on any atom is 0.308 e. The van der Waals surface area contributed by atoms with Crippen LogP contribution in [0.4, 0.5) is 0 Å². The van der Waals surface area contributed by atoms with Crippen molar-refractivity contribution < 1.29 is 19.1 Å². The lowest BCUT2D eigenvalue weighted by atomic mass is 9.96. The molecule has 0 unspecified atom stereocenters. The van der Waals surface area contributed by atoms with Gasteiger partial charge in [0.25, 0.3) is 0 Å². The number of hydrogen-bond acceptors (Lipinski definition) is 4. The number of methoxy groups -OCH3 is 1. The number of esters is 1. The van der Waals surface area contributed by atoms with E-state index < -0.39 is 0 Å². The van der Waals surface area contributed by atoms with Gasteiger partial charge in [0.15, 0.2) is 0 Å². The summed E-state index contributed by atoms with van der Waals surface area (Å²) in [4.78, 5) is 22.9. The van der Waals surface area contributed by atoms with E-state index in [4.69, 9.17) is 4.74 Å². The van der Waals surface area contributed by atoms with Crippen LogP contribution in [0.15, 0.2) is 30.3 Å². The van der Waals surface area contributed by atoms with Crippen molar-refractivity contribution in [3.05, 3.63) is 35.9 Å². The number of carbonyl (C=O) groups is 2. The third kappa shape index (κ3) is 3.17. The molecule has 1 aromatic carbocycles. The van der Waals surface area contributed by atoms with Crippen LogP contribution in [0.25, 0.3) is 0 Å². The van der Waals surface area contributed by atoms with Gasteiger partial charge in [-0.25, -0.2) is 0 Å². The standard InChI is InChI=1S/C14H16O4/c1-17-14(16)9-12-7-11(15)8-13(18-12)10-5-3-2-4-6-10/h2-6,12-13H,7-9H2,1H3/t12-,13-/m1/s1. The van der Waals surface area contributed by atoms with Crippen molar-refractivity contribution in [2.24, 2.45) is 0 Å². The molecule has 1 fully saturated rings. The van der Waals surface area contributed by atoms with Gasteiger partial charge in [-0.3, -0.25) is 9.59 Å². The number of hydrogen-bond donors (Lipinski definition) is 0. The Morgan fingerprint density at radius 3 is 2.72 bits per heavy atom. The predicted molar refractivity (Wildman–Crippen MR) is 64.9 cm³/mol. The van der Waals surface area contributed by atoms with E-state index >= 15 is 0 Å². The Labute approximate surface area is 106 Å². The lowest BCUT2D eigenvalue weighted by Crippen LogP contribution is -2.30. The predicted octanol–water partition coefficient (Wildman–Crippen LogP) is 2.04. The summed E-state index contributed by atoms with van der Waals surface area (Å²) in [6.07, 6.45) is 0.178. The molecule has 0 N–H and O–H groups in total. The van der Waals surface area contributed by atoms with Gasteiger partial charge in [-0.2, -0.15) is 0 Å². The van der Waals surface area contributed by atoms with Gasteiger partial charge in [0.1, 0.15) is 5.78 Å². The van der Waals surface area contributed by atoms with E-state index in [1.165, 1.54) is 7.11 Å². The zero-order chi connectivity index (χ0) is 13.0. The Morgan fingerprint density at radius 2 is 2.06 bits per heavy atom. The Morgan fingerprint density at radius 1 is 1.33 bits per heavy atom. The van der Waals surface area contributed by atoms with Crippen LogP contribution >= 0.6 is 0 Å². The highest BCUT2D eigenvalue weighted by atomic mass is 16.5. The van der Waals surface area contributed by atoms with Crippen LogP contribution < -0.4 is 0 Å². The molecule has 2 atom stereocenters. The van der Waals surface area contributed by atoms with E-state index in [0.29, 0.717) is 12.8 Å². The molecule has 0 saturated carbocycles. The molecule has 18 heavy (non-hydrogen) atoms. The number of benzene rings is 1. The summed E-state index contributed by atoms with van der Waals surface area (Å²) in [5.74, 6) is -0.217. The first-order chi connectivity index (χ1) is 8.69. The Kier molecular flexibility index (Phi) is 4.10. The summed E-state index contributed by atoms with van der Waals surface area (Å²) in [6, 6.07) is 9.59. The number of ketones is 1. The molecule has 1 aliphatic rings. The van der Waals surface area contributed by atoms with Crippen molar-refractivity contribution in [3.8, 4) is 0 Å². The van der Waals surface area contributed by atoms with E-state index in [1.54, 1.807) is 0 Å². The molecule has 0 radical (unpaired) electrons. The van der Waals surface area contributed by atoms with Crippen LogP contribution in [0.5, 0.6) is 0 Å². The maximum atomic E-state index is 11.7. The summed E-state index contributed by atoms with van der Waals surface area (Å²) < 4.78 is 10.4. The van der Waals surface area contributed by atoms with Gasteiger partial charge in [0.2, 0.25) is 0 Å². The second kappa shape index (κ2) is 5.78. The zero-order valence-electron chi connectivity index (χ0n) is 10.3. The van der Waals surface area contributed by atoms with Gasteiger partial charge in [-0.15, -0.1) is 0 Å². The minimum absolute atomic E-state index is 0.129. The topological polar surface area (TPSA) is 52.6 Å². The second-order valence-electron chi connectivity index (χ2n) is 4.38. The molecule has 4 nitrogen and oxygen atoms in total. The molecular weight excluding hydrogens is 232 g/mol. The van der Waals surface area contributed by atoms with Crippen LogP contribution in [0, 0.1) is 0 Å². The van der Waals surface area contributed by atoms with Crippen LogP contribution in [0.3, 0.4) is 0 Å². The van der Waals surface area contributed by atoms with Crippen molar-refractivity contribution in [3.63, 3.8) is 0 Å². The van der Waals surface area contributed by atoms with Gasteiger partial charge >= 0.3 is 5.97 Å². The van der Waals surface area contributed by atoms with Crippen molar-refractivity contribution in [2.45, 2.75) is 31.5 Å². The highest BCUT2D eigenvalue weighted by molar-refractivity contribution is 5.81. The molecule has 2 rings (SSSR count). The first-order valence-corrected chi connectivity index (χ1v) is 5.98. The van der Waals surface area contributed by atoms with Gasteiger partial charge in [-0.1, -0.05) is 30.3 Å². The van der Waals surface area contributed by atoms with E-state index in [2.05, 4.69) is 4.74 Å². The van der Waals surface area contributed by atoms with E-state index in [9.17, 15) is 9.59 Å². The SMILES string of the molecule is COC(=O)C[C@H]1CC(=O)C[C@H](c2ccccc2)O1. The van der Waals surface area contributed by atoms with E-state index in [-0.39, 0.29) is 30.4 Å². The summed E-state index contributed by atoms with van der Waals surface area (Å²) in [6.45, 7) is 0. The first-order valence-electron chi connectivity index (χ1n) is 5.98. The van der Waals surface area contributed by atoms with E-state index in [1.807, 2.05) is 30.3 Å². The van der Waals surface area contributed by atoms with Crippen LogP contribution in [0.2, 0.25) is 0 Å². The van der Waals surface area contributed by atoms with Gasteiger partial charge in [0, 0.05) is 12.8 Å². The van der Waals surface area contributed by atoms with Crippen molar-refractivity contribution in [1.29, 1.82) is 0 Å². The fourth-order valence-electron chi connectivity index (χ4n) is 2.13. The minimum atomic E-state index is -0.371. The molecule has 0 aliphatic carbocycles. The lowest BCUT2D eigenvalue weighted by Gasteiger charge is -2.29. The Balaban J connectivity index is 2.05. The van der Waals surface area contributed by atoms with E-state index in [0.717, 1.165) is 5.56 Å². The van der Waals surface area contributed by atoms with Crippen LogP contribution in [-0.4, -0.2) is 25.0 Å². The number of carbonyl (C=O) groups excluding carboxylic acids is 2. The average molecular weight is 248 g/mol. The Bertz CT molecular complexity index is 427. The molecular formula is C14H16O4. The average Bonchev–Trinajstić information content (AvgIpc) is 2.39. The van der Waals surface area contributed by atoms with Gasteiger partial charge in [0.05, 0.1) is 25.7 Å². The molecule has 0 bridgehead atoms. The quantitative estimate of drug-likeness (QED) is 0.768. The molecule has 1 saturated heterocycles. The highest BCUT2D eigenvalue weighted by Crippen LogP contribution is 2.30. The summed E-state index contributed by atoms with van der Waals surface area (Å²) in [5, 5.41) is 0. The van der Waals surface area contributed by atoms with Crippen molar-refractivity contribution >= 4 is 11.8 Å². The lowest BCUT2D eigenvalue weighted by molar-refractivity contribution is -0.150. The third-order valence-corrected chi connectivity index (χ3v) is 3.02. The largest absolute Gasteiger partial charge is 0.469 e. The number of Topliss-reactive ketones (excluding diaryl/α,β-unsaturated/α-hetero) is 1. The fourth-order valence-corrected chi connectivity index (χ4v) is 2.13. The number of rotatable bonds is 3. The second-order valence-corrected chi connectivity index (χ2v) is 4.38. The van der Waals surface area contributed by atoms with Crippen molar-refractivity contribution in [2.75, 3.05) is 7.11 Å². The fraction of sp³-hybridized carbons (Fsp3) is 0.429. The number of ether oxygens (including phenoxy) is 2. The molecule has 1 aliphatic heterocycles. The highest BCUT2D eigenvalue weighted by Gasteiger charge is 2.30. The molecule has 1 aromatic rings. The molecule has 1 heterocycles. The molecule has 0 spiro atoms. The monoisotopic (exact) mass is 248 g/mol. The third-order valence-electron chi connectivity index (χ3n) is 3.02. The van der Waals surface area contributed by atoms with Crippen LogP contribution in [-0.2, 0) is 19.1 Å². The van der Waals surface area contributed by atoms with Crippen LogP contribution in [0.1, 0.15) is 30.9 Å². The summed E-state index contributed by atoms with van der Waals surface area (Å²) in [5.41, 5.74) is 0.973. The maximum absolute atomic E-state index is 11.7. The molecule has 4 heteroatoms. The smallest absolute Gasteiger partial charge is 0.308 e. The molecule has 0 aromatic heterocycles.